The van der Waals surface area contributed by atoms with Gasteiger partial charge in [0.05, 0.1) is 6.61 Å². The number of carbonyl (C=O) groups is 1. The van der Waals surface area contributed by atoms with Crippen LogP contribution in [0, 0.1) is 0 Å². The number of pyridine rings is 1. The van der Waals surface area contributed by atoms with E-state index in [1.807, 2.05) is 6.92 Å². The third-order valence-electron chi connectivity index (χ3n) is 1.85. The van der Waals surface area contributed by atoms with Gasteiger partial charge in [-0.1, -0.05) is 24.9 Å². The number of hydrogen-bond acceptors (Lipinski definition) is 3. The van der Waals surface area contributed by atoms with Crippen LogP contribution in [0.1, 0.15) is 19.8 Å². The number of hydrogen-bond donors (Lipinski definition) is 0. The zero-order valence-electron chi connectivity index (χ0n) is 8.72. The molecule has 15 heavy (non-hydrogen) atoms. The third-order valence-corrected chi connectivity index (χ3v) is 1.85. The van der Waals surface area contributed by atoms with Crippen LogP contribution in [-0.4, -0.2) is 25.8 Å². The average Bonchev–Trinajstić information content (AvgIpc) is 2.26. The van der Waals surface area contributed by atoms with Crippen LogP contribution in [0.4, 0.5) is 5.82 Å². The van der Waals surface area contributed by atoms with E-state index in [0.29, 0.717) is 24.3 Å². The summed E-state index contributed by atoms with van der Waals surface area (Å²) in [6, 6.07) is 3.37. The topological polar surface area (TPSA) is 42.4 Å². The Hall–Kier alpha value is -1.36. The smallest absolute Gasteiger partial charge is 0.239 e. The number of rotatable bonds is 6. The maximum absolute atomic E-state index is 10.8. The van der Waals surface area contributed by atoms with Crippen LogP contribution >= 0.6 is 0 Å². The molecule has 0 aliphatic heterocycles. The minimum absolute atomic E-state index is 0.337. The van der Waals surface area contributed by atoms with Crippen LogP contribution in [0.15, 0.2) is 18.3 Å². The molecular weight excluding hydrogens is 191 g/mol. The van der Waals surface area contributed by atoms with Crippen molar-refractivity contribution in [3.05, 3.63) is 18.3 Å². The van der Waals surface area contributed by atoms with Crippen LogP contribution in [0.3, 0.4) is 0 Å². The van der Waals surface area contributed by atoms with Gasteiger partial charge in [-0.2, -0.15) is 5.06 Å². The number of carbonyl (C=O) groups excluding carboxylic acids is 1. The normalized spacial score (nSPS) is 9.93. The molecule has 1 heterocycles. The molecule has 0 fully saturated rings. The van der Waals surface area contributed by atoms with Gasteiger partial charge >= 0.3 is 0 Å². The van der Waals surface area contributed by atoms with Crippen molar-refractivity contribution in [2.75, 3.05) is 11.7 Å². The Kier molecular flexibility index (Phi) is 4.84. The lowest BCUT2D eigenvalue weighted by atomic mass is 9.97. The first-order valence-electron chi connectivity index (χ1n) is 4.87. The molecule has 1 aromatic rings. The minimum Gasteiger partial charge on any atom is -0.276 e. The summed E-state index contributed by atoms with van der Waals surface area (Å²) in [6.07, 6.45) is 4.02. The first-order valence-corrected chi connectivity index (χ1v) is 4.87. The molecule has 0 aliphatic rings. The molecule has 0 aromatic carbocycles. The third kappa shape index (κ3) is 3.36. The van der Waals surface area contributed by atoms with Crippen molar-refractivity contribution in [3.63, 3.8) is 0 Å². The maximum atomic E-state index is 10.8. The van der Waals surface area contributed by atoms with E-state index in [9.17, 15) is 4.79 Å². The highest BCUT2D eigenvalue weighted by Crippen LogP contribution is 2.04. The fourth-order valence-corrected chi connectivity index (χ4v) is 1.04. The number of aromatic nitrogens is 1. The van der Waals surface area contributed by atoms with Gasteiger partial charge in [-0.05, 0) is 12.5 Å². The van der Waals surface area contributed by atoms with E-state index in [-0.39, 0.29) is 0 Å². The van der Waals surface area contributed by atoms with Crippen molar-refractivity contribution >= 4 is 25.5 Å². The summed E-state index contributed by atoms with van der Waals surface area (Å²) in [5.41, 5.74) is 0.418. The summed E-state index contributed by atoms with van der Waals surface area (Å²) < 4.78 is 0. The van der Waals surface area contributed by atoms with Gasteiger partial charge in [-0.3, -0.25) is 9.63 Å². The summed E-state index contributed by atoms with van der Waals surface area (Å²) in [7, 11) is 5.66. The zero-order valence-corrected chi connectivity index (χ0v) is 8.72. The highest BCUT2D eigenvalue weighted by molar-refractivity contribution is 6.35. The van der Waals surface area contributed by atoms with E-state index in [2.05, 4.69) is 4.98 Å². The van der Waals surface area contributed by atoms with Crippen LogP contribution in [0.5, 0.6) is 0 Å². The van der Waals surface area contributed by atoms with Gasteiger partial charge < -0.3 is 0 Å². The van der Waals surface area contributed by atoms with Crippen LogP contribution < -0.4 is 10.5 Å². The maximum Gasteiger partial charge on any atom is 0.239 e. The second-order valence-corrected chi connectivity index (χ2v) is 3.03. The van der Waals surface area contributed by atoms with E-state index in [4.69, 9.17) is 12.7 Å². The van der Waals surface area contributed by atoms with Crippen molar-refractivity contribution < 1.29 is 9.63 Å². The molecule has 0 bridgehead atoms. The van der Waals surface area contributed by atoms with Crippen LogP contribution in [0.2, 0.25) is 0 Å². The summed E-state index contributed by atoms with van der Waals surface area (Å²) in [5, 5.41) is 1.06. The second-order valence-electron chi connectivity index (χ2n) is 3.03. The molecule has 0 saturated carbocycles. The van der Waals surface area contributed by atoms with E-state index in [1.54, 1.807) is 18.3 Å². The van der Waals surface area contributed by atoms with Gasteiger partial charge in [-0.15, -0.1) is 0 Å². The average molecular weight is 204 g/mol. The van der Waals surface area contributed by atoms with E-state index < -0.39 is 0 Å². The minimum atomic E-state index is 0.337. The molecular formula is C10H13BN2O2. The molecule has 0 spiro atoms. The number of anilines is 1. The molecule has 1 aromatic heterocycles. The first-order chi connectivity index (χ1) is 7.29. The van der Waals surface area contributed by atoms with E-state index in [0.717, 1.165) is 17.9 Å². The Morgan fingerprint density at radius 1 is 1.67 bits per heavy atom. The first kappa shape index (κ1) is 11.7. The number of amides is 1. The monoisotopic (exact) mass is 204 g/mol. The van der Waals surface area contributed by atoms with E-state index in [1.165, 1.54) is 0 Å². The van der Waals surface area contributed by atoms with Crippen molar-refractivity contribution in [2.24, 2.45) is 0 Å². The zero-order chi connectivity index (χ0) is 11.1. The predicted molar refractivity (Wildman–Crippen MR) is 59.0 cm³/mol. The van der Waals surface area contributed by atoms with Gasteiger partial charge in [0.25, 0.3) is 0 Å². The molecule has 0 aliphatic carbocycles. The molecule has 0 unspecified atom stereocenters. The van der Waals surface area contributed by atoms with Crippen molar-refractivity contribution in [2.45, 2.75) is 19.8 Å². The van der Waals surface area contributed by atoms with Crippen molar-refractivity contribution in [1.29, 1.82) is 0 Å². The molecule has 0 saturated heterocycles. The summed E-state index contributed by atoms with van der Waals surface area (Å²) in [5.74, 6) is 0.337. The fourth-order valence-electron chi connectivity index (χ4n) is 1.04. The number of unbranched alkanes of at least 4 members (excludes halogenated alkanes) is 1. The van der Waals surface area contributed by atoms with Gasteiger partial charge in [-0.25, -0.2) is 4.98 Å². The molecule has 5 heteroatoms. The Labute approximate surface area is 90.6 Å². The summed E-state index contributed by atoms with van der Waals surface area (Å²) >= 11 is 0. The Bertz CT molecular complexity index is 320. The largest absolute Gasteiger partial charge is 0.276 e. The fraction of sp³-hybridized carbons (Fsp3) is 0.400. The number of nitrogens with zero attached hydrogens (tertiary/aromatic N) is 2. The highest BCUT2D eigenvalue weighted by Gasteiger charge is 2.08. The van der Waals surface area contributed by atoms with Crippen molar-refractivity contribution in [3.8, 4) is 0 Å². The SMILES string of the molecule is [B]c1cccnc1N(C=O)OCCCC. The van der Waals surface area contributed by atoms with E-state index >= 15 is 0 Å². The lowest BCUT2D eigenvalue weighted by Gasteiger charge is -2.17. The lowest BCUT2D eigenvalue weighted by molar-refractivity contribution is -0.114. The quantitative estimate of drug-likeness (QED) is 0.294. The van der Waals surface area contributed by atoms with Gasteiger partial charge in [0.1, 0.15) is 7.85 Å². The van der Waals surface area contributed by atoms with Crippen LogP contribution in [-0.2, 0) is 9.63 Å². The Morgan fingerprint density at radius 3 is 3.07 bits per heavy atom. The van der Waals surface area contributed by atoms with Crippen LogP contribution in [0.25, 0.3) is 0 Å². The second kappa shape index (κ2) is 6.19. The Balaban J connectivity index is 2.66. The van der Waals surface area contributed by atoms with Gasteiger partial charge in [0, 0.05) is 6.20 Å². The van der Waals surface area contributed by atoms with Gasteiger partial charge in [0.15, 0.2) is 5.82 Å². The highest BCUT2D eigenvalue weighted by atomic mass is 16.7. The standard InChI is InChI=1S/C10H13BN2O2/c1-2-3-7-15-13(8-14)10-9(11)5-4-6-12-10/h4-6,8H,2-3,7H2,1H3. The molecule has 78 valence electrons. The molecule has 1 amide bonds. The predicted octanol–water partition coefficient (Wildman–Crippen LogP) is 0.570. The Morgan fingerprint density at radius 2 is 2.47 bits per heavy atom. The molecule has 4 nitrogen and oxygen atoms in total. The molecule has 0 N–H and O–H groups in total. The lowest BCUT2D eigenvalue weighted by Crippen LogP contribution is -2.28. The molecule has 1 rings (SSSR count). The molecule has 2 radical (unpaired) electrons. The van der Waals surface area contributed by atoms with Crippen molar-refractivity contribution in [1.82, 2.24) is 4.98 Å². The van der Waals surface area contributed by atoms with Gasteiger partial charge in [0.2, 0.25) is 6.41 Å². The molecule has 0 atom stereocenters. The summed E-state index contributed by atoms with van der Waals surface area (Å²) in [4.78, 5) is 20.0. The summed E-state index contributed by atoms with van der Waals surface area (Å²) in [6.45, 7) is 2.52. The number of hydroxylamine groups is 1.